The molecular weight excluding hydrogens is 324 g/mol. The molecule has 0 saturated carbocycles. The zero-order valence-corrected chi connectivity index (χ0v) is 15.2. The minimum Gasteiger partial charge on any atom is -0.383 e. The maximum Gasteiger partial charge on any atom is 0.187 e. The van der Waals surface area contributed by atoms with Gasteiger partial charge in [0.2, 0.25) is 0 Å². The molecular formula is C17H27N4O2S+. The first-order valence-corrected chi connectivity index (χ1v) is 8.67. The van der Waals surface area contributed by atoms with Crippen LogP contribution >= 0.6 is 12.2 Å². The molecule has 24 heavy (non-hydrogen) atoms. The highest BCUT2D eigenvalue weighted by Gasteiger charge is 2.28. The van der Waals surface area contributed by atoms with Gasteiger partial charge in [0.05, 0.1) is 25.5 Å². The Labute approximate surface area is 149 Å². The Morgan fingerprint density at radius 1 is 1.33 bits per heavy atom. The monoisotopic (exact) mass is 351 g/mol. The molecule has 0 unspecified atom stereocenters. The first kappa shape index (κ1) is 18.8. The number of quaternary nitrogens is 1. The van der Waals surface area contributed by atoms with Crippen molar-refractivity contribution in [2.45, 2.75) is 13.0 Å². The first-order valence-electron chi connectivity index (χ1n) is 8.26. The number of morpholine rings is 1. The van der Waals surface area contributed by atoms with E-state index >= 15 is 0 Å². The van der Waals surface area contributed by atoms with Crippen molar-refractivity contribution in [3.05, 3.63) is 35.9 Å². The van der Waals surface area contributed by atoms with Gasteiger partial charge in [0.1, 0.15) is 13.1 Å². The molecule has 1 aliphatic rings. The average molecular weight is 351 g/mol. The number of hydrogen-bond donors (Lipinski definition) is 3. The van der Waals surface area contributed by atoms with Crippen LogP contribution in [-0.2, 0) is 9.47 Å². The lowest BCUT2D eigenvalue weighted by atomic mass is 10.0. The third-order valence-electron chi connectivity index (χ3n) is 4.02. The largest absolute Gasteiger partial charge is 0.383 e. The molecule has 1 atom stereocenters. The number of ether oxygens (including phenoxy) is 2. The number of thiocarbonyl (C=S) groups is 1. The first-order chi connectivity index (χ1) is 11.7. The van der Waals surface area contributed by atoms with Gasteiger partial charge in [-0.05, 0) is 19.1 Å². The summed E-state index contributed by atoms with van der Waals surface area (Å²) < 4.78 is 10.5. The van der Waals surface area contributed by atoms with E-state index < -0.39 is 0 Å². The fourth-order valence-corrected chi connectivity index (χ4v) is 3.00. The molecule has 0 spiro atoms. The average Bonchev–Trinajstić information content (AvgIpc) is 2.62. The highest BCUT2D eigenvalue weighted by Crippen LogP contribution is 2.11. The number of hydrogen-bond acceptors (Lipinski definition) is 4. The Morgan fingerprint density at radius 2 is 2.04 bits per heavy atom. The Hall–Kier alpha value is -1.54. The van der Waals surface area contributed by atoms with Crippen molar-refractivity contribution in [1.29, 1.82) is 0 Å². The smallest absolute Gasteiger partial charge is 0.187 e. The molecule has 1 aromatic rings. The summed E-state index contributed by atoms with van der Waals surface area (Å²) in [4.78, 5) is 1.47. The van der Waals surface area contributed by atoms with E-state index in [0.717, 1.165) is 32.0 Å². The normalized spacial score (nSPS) is 17.3. The summed E-state index contributed by atoms with van der Waals surface area (Å²) in [6.45, 7) is 6.84. The molecule has 6 nitrogen and oxygen atoms in total. The molecule has 1 aromatic carbocycles. The van der Waals surface area contributed by atoms with Crippen LogP contribution in [-0.4, -0.2) is 57.4 Å². The van der Waals surface area contributed by atoms with Gasteiger partial charge in [-0.25, -0.2) is 0 Å². The molecule has 2 rings (SSSR count). The van der Waals surface area contributed by atoms with E-state index in [2.05, 4.69) is 40.1 Å². The van der Waals surface area contributed by atoms with Crippen molar-refractivity contribution >= 4 is 23.0 Å². The quantitative estimate of drug-likeness (QED) is 0.282. The second-order valence-electron chi connectivity index (χ2n) is 5.73. The van der Waals surface area contributed by atoms with Crippen LogP contribution in [0.1, 0.15) is 18.5 Å². The summed E-state index contributed by atoms with van der Waals surface area (Å²) in [6, 6.07) is 10.7. The third kappa shape index (κ3) is 5.83. The summed E-state index contributed by atoms with van der Waals surface area (Å²) in [6.07, 6.45) is 0. The van der Waals surface area contributed by atoms with Gasteiger partial charge in [0.15, 0.2) is 11.2 Å². The molecule has 132 valence electrons. The van der Waals surface area contributed by atoms with Crippen molar-refractivity contribution in [3.63, 3.8) is 0 Å². The van der Waals surface area contributed by atoms with Crippen LogP contribution in [0.3, 0.4) is 0 Å². The van der Waals surface area contributed by atoms with Gasteiger partial charge in [-0.2, -0.15) is 5.10 Å². The summed E-state index contributed by atoms with van der Waals surface area (Å²) in [5, 5.41) is 8.08. The summed E-state index contributed by atoms with van der Waals surface area (Å²) in [5.74, 6) is 0. The number of hydrazone groups is 1. The van der Waals surface area contributed by atoms with Crippen molar-refractivity contribution in [1.82, 2.24) is 10.7 Å². The van der Waals surface area contributed by atoms with E-state index in [9.17, 15) is 0 Å². The van der Waals surface area contributed by atoms with Crippen LogP contribution in [0, 0.1) is 0 Å². The highest BCUT2D eigenvalue weighted by molar-refractivity contribution is 7.80. The number of nitrogens with zero attached hydrogens (tertiary/aromatic N) is 1. The van der Waals surface area contributed by atoms with Gasteiger partial charge in [0, 0.05) is 19.2 Å². The van der Waals surface area contributed by atoms with E-state index in [4.69, 9.17) is 21.7 Å². The zero-order chi connectivity index (χ0) is 17.2. The Balaban J connectivity index is 2.05. The van der Waals surface area contributed by atoms with Crippen LogP contribution in [0.5, 0.6) is 0 Å². The van der Waals surface area contributed by atoms with Crippen LogP contribution in [0.4, 0.5) is 0 Å². The maximum absolute atomic E-state index is 5.50. The topological polar surface area (TPSA) is 59.3 Å². The van der Waals surface area contributed by atoms with E-state index in [0.29, 0.717) is 18.3 Å². The van der Waals surface area contributed by atoms with Crippen LogP contribution in [0.2, 0.25) is 0 Å². The minimum atomic E-state index is 0.198. The molecule has 1 heterocycles. The number of methoxy groups -OCH3 is 1. The molecule has 1 aliphatic heterocycles. The van der Waals surface area contributed by atoms with E-state index in [-0.39, 0.29) is 6.04 Å². The SMILES string of the molecule is COCCNC(=S)N/N=C(/C)[C@@H](c1ccccc1)[NH+]1CCOCC1. The third-order valence-corrected chi connectivity index (χ3v) is 4.26. The standard InChI is InChI=1S/C17H26N4O2S/c1-14(19-20-17(24)18-8-11-22-2)16(15-6-4-3-5-7-15)21-9-12-23-13-10-21/h3-7,16H,8-13H2,1-2H3,(H2,18,20,24)/p+1/b19-14-/t16-/m0/s1. The Bertz CT molecular complexity index is 533. The van der Waals surface area contributed by atoms with E-state index in [1.54, 1.807) is 7.11 Å². The lowest BCUT2D eigenvalue weighted by molar-refractivity contribution is -0.928. The van der Waals surface area contributed by atoms with Gasteiger partial charge in [-0.3, -0.25) is 5.43 Å². The fourth-order valence-electron chi connectivity index (χ4n) is 2.85. The minimum absolute atomic E-state index is 0.198. The van der Waals surface area contributed by atoms with Crippen LogP contribution in [0.15, 0.2) is 35.4 Å². The fraction of sp³-hybridized carbons (Fsp3) is 0.529. The number of benzene rings is 1. The highest BCUT2D eigenvalue weighted by atomic mass is 32.1. The molecule has 7 heteroatoms. The van der Waals surface area contributed by atoms with Gasteiger partial charge < -0.3 is 19.7 Å². The lowest BCUT2D eigenvalue weighted by Gasteiger charge is -2.31. The molecule has 0 aliphatic carbocycles. The maximum atomic E-state index is 5.50. The second kappa shape index (κ2) is 10.4. The molecule has 0 amide bonds. The van der Waals surface area contributed by atoms with Crippen LogP contribution in [0.25, 0.3) is 0 Å². The van der Waals surface area contributed by atoms with E-state index in [1.807, 2.05) is 13.0 Å². The van der Waals surface area contributed by atoms with Gasteiger partial charge >= 0.3 is 0 Å². The molecule has 0 aromatic heterocycles. The van der Waals surface area contributed by atoms with Crippen molar-refractivity contribution in [3.8, 4) is 0 Å². The Morgan fingerprint density at radius 3 is 2.71 bits per heavy atom. The van der Waals surface area contributed by atoms with Gasteiger partial charge in [-0.1, -0.05) is 30.3 Å². The summed E-state index contributed by atoms with van der Waals surface area (Å²) in [7, 11) is 1.66. The zero-order valence-electron chi connectivity index (χ0n) is 14.4. The van der Waals surface area contributed by atoms with Crippen LogP contribution < -0.4 is 15.6 Å². The van der Waals surface area contributed by atoms with E-state index in [1.165, 1.54) is 10.5 Å². The molecule has 1 fully saturated rings. The number of nitrogens with one attached hydrogen (secondary N) is 3. The van der Waals surface area contributed by atoms with Gasteiger partial charge in [0.25, 0.3) is 0 Å². The molecule has 1 saturated heterocycles. The lowest BCUT2D eigenvalue weighted by Crippen LogP contribution is -3.15. The second-order valence-corrected chi connectivity index (χ2v) is 6.14. The van der Waals surface area contributed by atoms with Crippen molar-refractivity contribution in [2.75, 3.05) is 46.6 Å². The molecule has 0 radical (unpaired) electrons. The summed E-state index contributed by atoms with van der Waals surface area (Å²) in [5.41, 5.74) is 5.21. The summed E-state index contributed by atoms with van der Waals surface area (Å²) >= 11 is 5.23. The predicted molar refractivity (Wildman–Crippen MR) is 99.4 cm³/mol. The number of rotatable bonds is 7. The predicted octanol–water partition coefficient (Wildman–Crippen LogP) is 0.129. The molecule has 3 N–H and O–H groups in total. The van der Waals surface area contributed by atoms with Gasteiger partial charge in [-0.15, -0.1) is 0 Å². The Kier molecular flexibility index (Phi) is 8.11. The van der Waals surface area contributed by atoms with Crippen molar-refractivity contribution in [2.24, 2.45) is 5.10 Å². The van der Waals surface area contributed by atoms with Crippen molar-refractivity contribution < 1.29 is 14.4 Å². The molecule has 0 bridgehead atoms.